The van der Waals surface area contributed by atoms with Crippen LogP contribution in [0.25, 0.3) is 0 Å². The summed E-state index contributed by atoms with van der Waals surface area (Å²) in [4.78, 5) is 14.5. The number of benzene rings is 2. The van der Waals surface area contributed by atoms with Crippen LogP contribution in [0.2, 0.25) is 5.02 Å². The van der Waals surface area contributed by atoms with Crippen LogP contribution < -0.4 is 4.90 Å². The lowest BCUT2D eigenvalue weighted by atomic mass is 9.78. The lowest BCUT2D eigenvalue weighted by Gasteiger charge is -2.45. The fourth-order valence-electron chi connectivity index (χ4n) is 4.20. The number of nitrogens with zero attached hydrogens (tertiary/aromatic N) is 1. The minimum absolute atomic E-state index is 0.00329. The van der Waals surface area contributed by atoms with Gasteiger partial charge in [0.2, 0.25) is 5.91 Å². The maximum Gasteiger partial charge on any atom is 0.227 e. The number of hydrogen-bond donors (Lipinski definition) is 0. The van der Waals surface area contributed by atoms with Crippen LogP contribution in [0.1, 0.15) is 42.9 Å². The summed E-state index contributed by atoms with van der Waals surface area (Å²) in [6.07, 6.45) is 3.38. The maximum atomic E-state index is 12.6. The third-order valence-corrected chi connectivity index (χ3v) is 7.67. The molecule has 0 aromatic heterocycles. The molecule has 1 saturated carbocycles. The Balaban J connectivity index is 1.54. The first-order valence-corrected chi connectivity index (χ1v) is 11.9. The number of hydrogen-bond acceptors (Lipinski definition) is 3. The van der Waals surface area contributed by atoms with Gasteiger partial charge in [0.05, 0.1) is 11.5 Å². The van der Waals surface area contributed by atoms with Crippen molar-refractivity contribution < 1.29 is 13.2 Å². The molecule has 4 nitrogen and oxygen atoms in total. The molecule has 4 rings (SSSR count). The van der Waals surface area contributed by atoms with E-state index in [-0.39, 0.29) is 23.5 Å². The monoisotopic (exact) mass is 417 g/mol. The van der Waals surface area contributed by atoms with Crippen LogP contribution in [0, 0.1) is 5.92 Å². The molecule has 148 valence electrons. The predicted octanol–water partition coefficient (Wildman–Crippen LogP) is 4.53. The first-order valence-electron chi connectivity index (χ1n) is 9.71. The fourth-order valence-corrected chi connectivity index (χ4v) is 5.81. The lowest BCUT2D eigenvalue weighted by molar-refractivity contribution is -0.120. The summed E-state index contributed by atoms with van der Waals surface area (Å²) in [6.45, 7) is 2.19. The molecule has 2 unspecified atom stereocenters. The summed E-state index contributed by atoms with van der Waals surface area (Å²) in [6, 6.07) is 12.9. The largest absolute Gasteiger partial charge is 0.309 e. The molecule has 1 heterocycles. The Hall–Kier alpha value is -1.85. The molecule has 0 saturated heterocycles. The zero-order valence-electron chi connectivity index (χ0n) is 15.9. The summed E-state index contributed by atoms with van der Waals surface area (Å²) >= 11 is 5.87. The van der Waals surface area contributed by atoms with Crippen LogP contribution in [0.4, 0.5) is 5.69 Å². The number of halogens is 1. The Morgan fingerprint density at radius 1 is 1.00 bits per heavy atom. The molecular formula is C22H24ClNO3S. The SMILES string of the molecule is CC1CCC1N1C(=O)CCc2cc(CS(=O)(=O)Cc3ccc(Cl)cc3)ccc21. The van der Waals surface area contributed by atoms with Crippen molar-refractivity contribution >= 4 is 33.0 Å². The minimum atomic E-state index is -3.29. The van der Waals surface area contributed by atoms with Crippen LogP contribution in [-0.4, -0.2) is 20.4 Å². The Morgan fingerprint density at radius 2 is 1.68 bits per heavy atom. The van der Waals surface area contributed by atoms with E-state index in [4.69, 9.17) is 11.6 Å². The molecule has 2 atom stereocenters. The minimum Gasteiger partial charge on any atom is -0.309 e. The standard InChI is InChI=1S/C22H24ClNO3S/c1-15-2-9-20(15)24-21-10-5-17(12-18(21)6-11-22(24)25)14-28(26,27)13-16-3-7-19(23)8-4-16/h3-5,7-8,10,12,15,20H,2,6,9,11,13-14H2,1H3. The van der Waals surface area contributed by atoms with E-state index in [1.165, 1.54) is 0 Å². The van der Waals surface area contributed by atoms with Gasteiger partial charge in [-0.05, 0) is 60.1 Å². The van der Waals surface area contributed by atoms with Gasteiger partial charge in [0, 0.05) is 23.2 Å². The van der Waals surface area contributed by atoms with Crippen molar-refractivity contribution in [3.05, 3.63) is 64.2 Å². The molecule has 0 radical (unpaired) electrons. The van der Waals surface area contributed by atoms with Gasteiger partial charge in [0.1, 0.15) is 0 Å². The van der Waals surface area contributed by atoms with Crippen molar-refractivity contribution in [3.8, 4) is 0 Å². The van der Waals surface area contributed by atoms with Crippen molar-refractivity contribution in [2.45, 2.75) is 50.2 Å². The first-order chi connectivity index (χ1) is 13.3. The average Bonchev–Trinajstić information content (AvgIpc) is 2.64. The van der Waals surface area contributed by atoms with Crippen molar-refractivity contribution in [1.29, 1.82) is 0 Å². The number of aryl methyl sites for hydroxylation is 1. The highest BCUT2D eigenvalue weighted by molar-refractivity contribution is 7.89. The van der Waals surface area contributed by atoms with Gasteiger partial charge in [-0.3, -0.25) is 4.79 Å². The van der Waals surface area contributed by atoms with Gasteiger partial charge in [0.25, 0.3) is 0 Å². The zero-order chi connectivity index (χ0) is 19.9. The molecule has 0 spiro atoms. The number of carbonyl (C=O) groups excluding carboxylic acids is 1. The molecular weight excluding hydrogens is 394 g/mol. The quantitative estimate of drug-likeness (QED) is 0.718. The van der Waals surface area contributed by atoms with Crippen LogP contribution in [0.3, 0.4) is 0 Å². The molecule has 2 aliphatic rings. The van der Waals surface area contributed by atoms with E-state index in [0.29, 0.717) is 23.8 Å². The van der Waals surface area contributed by atoms with Crippen molar-refractivity contribution in [1.82, 2.24) is 0 Å². The van der Waals surface area contributed by atoms with Gasteiger partial charge >= 0.3 is 0 Å². The zero-order valence-corrected chi connectivity index (χ0v) is 17.5. The highest BCUT2D eigenvalue weighted by Crippen LogP contribution is 2.39. The van der Waals surface area contributed by atoms with Crippen molar-refractivity contribution in [2.24, 2.45) is 5.92 Å². The van der Waals surface area contributed by atoms with Crippen LogP contribution >= 0.6 is 11.6 Å². The second-order valence-corrected chi connectivity index (χ2v) is 10.5. The van der Waals surface area contributed by atoms with E-state index in [1.54, 1.807) is 24.3 Å². The Labute approximate surface area is 171 Å². The van der Waals surface area contributed by atoms with Gasteiger partial charge in [-0.15, -0.1) is 0 Å². The van der Waals surface area contributed by atoms with E-state index in [2.05, 4.69) is 6.92 Å². The number of amides is 1. The lowest BCUT2D eigenvalue weighted by Crippen LogP contribution is -2.51. The summed E-state index contributed by atoms with van der Waals surface area (Å²) in [5.74, 6) is 0.698. The number of rotatable bonds is 5. The van der Waals surface area contributed by atoms with Gasteiger partial charge in [-0.2, -0.15) is 0 Å². The van der Waals surface area contributed by atoms with E-state index >= 15 is 0 Å². The second-order valence-electron chi connectivity index (χ2n) is 8.01. The second kappa shape index (κ2) is 7.53. The number of anilines is 1. The van der Waals surface area contributed by atoms with E-state index < -0.39 is 9.84 Å². The molecule has 1 fully saturated rings. The molecule has 2 aromatic carbocycles. The predicted molar refractivity (Wildman–Crippen MR) is 112 cm³/mol. The highest BCUT2D eigenvalue weighted by atomic mass is 35.5. The molecule has 1 aliphatic heterocycles. The molecule has 1 amide bonds. The molecule has 28 heavy (non-hydrogen) atoms. The summed E-state index contributed by atoms with van der Waals surface area (Å²) in [5, 5.41) is 0.593. The molecule has 0 bridgehead atoms. The summed E-state index contributed by atoms with van der Waals surface area (Å²) in [7, 11) is -3.29. The topological polar surface area (TPSA) is 54.5 Å². The average molecular weight is 418 g/mol. The highest BCUT2D eigenvalue weighted by Gasteiger charge is 2.38. The van der Waals surface area contributed by atoms with E-state index in [1.807, 2.05) is 23.1 Å². The van der Waals surface area contributed by atoms with Crippen molar-refractivity contribution in [3.63, 3.8) is 0 Å². The molecule has 2 aromatic rings. The normalized spacial score (nSPS) is 21.9. The fraction of sp³-hybridized carbons (Fsp3) is 0.409. The van der Waals surface area contributed by atoms with Gasteiger partial charge in [0.15, 0.2) is 9.84 Å². The molecule has 0 N–H and O–H groups in total. The number of sulfone groups is 1. The third-order valence-electron chi connectivity index (χ3n) is 5.87. The van der Waals surface area contributed by atoms with Crippen LogP contribution in [0.15, 0.2) is 42.5 Å². The van der Waals surface area contributed by atoms with E-state index in [0.717, 1.165) is 35.2 Å². The summed E-state index contributed by atoms with van der Waals surface area (Å²) in [5.41, 5.74) is 3.56. The molecule has 1 aliphatic carbocycles. The maximum absolute atomic E-state index is 12.6. The summed E-state index contributed by atoms with van der Waals surface area (Å²) < 4.78 is 25.3. The molecule has 6 heteroatoms. The third kappa shape index (κ3) is 3.96. The van der Waals surface area contributed by atoms with Gasteiger partial charge in [-0.25, -0.2) is 8.42 Å². The Morgan fingerprint density at radius 3 is 2.32 bits per heavy atom. The van der Waals surface area contributed by atoms with Gasteiger partial charge < -0.3 is 4.90 Å². The van der Waals surface area contributed by atoms with Crippen LogP contribution in [-0.2, 0) is 32.6 Å². The Kier molecular flexibility index (Phi) is 5.23. The smallest absolute Gasteiger partial charge is 0.227 e. The van der Waals surface area contributed by atoms with Crippen molar-refractivity contribution in [2.75, 3.05) is 4.90 Å². The first kappa shape index (κ1) is 19.5. The Bertz CT molecular complexity index is 1000. The number of carbonyl (C=O) groups is 1. The van der Waals surface area contributed by atoms with Crippen LogP contribution in [0.5, 0.6) is 0 Å². The van der Waals surface area contributed by atoms with Gasteiger partial charge in [-0.1, -0.05) is 42.8 Å². The number of fused-ring (bicyclic) bond motifs is 1. The van der Waals surface area contributed by atoms with E-state index in [9.17, 15) is 13.2 Å².